The van der Waals surface area contributed by atoms with Crippen molar-refractivity contribution in [3.05, 3.63) is 18.2 Å². The number of nitrogens with zero attached hydrogens (tertiary/aromatic N) is 3. The number of benzene rings is 1. The summed E-state index contributed by atoms with van der Waals surface area (Å²) in [4.78, 5) is 4.95. The number of hydrogen-bond donors (Lipinski definition) is 1. The van der Waals surface area contributed by atoms with Gasteiger partial charge in [0.25, 0.3) is 0 Å². The van der Waals surface area contributed by atoms with E-state index in [1.165, 1.54) is 44.7 Å². The highest BCUT2D eigenvalue weighted by Gasteiger charge is 2.23. The van der Waals surface area contributed by atoms with E-state index in [1.54, 1.807) is 0 Å². The SMILES string of the molecule is C[N+]1(C)CCN(CCOCCCCCN2CCOc3cc(N)ccc32)CC1. The zero-order chi connectivity index (χ0) is 19.1. The van der Waals surface area contributed by atoms with Crippen LogP contribution in [0.25, 0.3) is 0 Å². The first-order valence-corrected chi connectivity index (χ1v) is 10.4. The van der Waals surface area contributed by atoms with E-state index >= 15 is 0 Å². The fraction of sp³-hybridized carbons (Fsp3) is 0.714. The summed E-state index contributed by atoms with van der Waals surface area (Å²) >= 11 is 0. The molecule has 2 N–H and O–H groups in total. The van der Waals surface area contributed by atoms with E-state index in [0.29, 0.717) is 0 Å². The summed E-state index contributed by atoms with van der Waals surface area (Å²) in [5.74, 6) is 0.921. The van der Waals surface area contributed by atoms with Gasteiger partial charge in [0.05, 0.1) is 46.0 Å². The predicted molar refractivity (Wildman–Crippen MR) is 112 cm³/mol. The first kappa shape index (κ1) is 20.2. The third kappa shape index (κ3) is 6.26. The Labute approximate surface area is 164 Å². The lowest BCUT2D eigenvalue weighted by molar-refractivity contribution is -0.894. The van der Waals surface area contributed by atoms with Crippen molar-refractivity contribution in [1.29, 1.82) is 0 Å². The van der Waals surface area contributed by atoms with Gasteiger partial charge in [-0.05, 0) is 31.4 Å². The number of ether oxygens (including phenoxy) is 2. The first-order chi connectivity index (χ1) is 13.0. The van der Waals surface area contributed by atoms with Crippen LogP contribution in [0.5, 0.6) is 5.75 Å². The maximum atomic E-state index is 5.86. The molecular formula is C21H37N4O2+. The standard InChI is InChI=1S/C21H37N4O2/c1-25(2)13-9-23(10-14-25)11-16-26-15-5-3-4-8-24-12-17-27-21-18-19(22)6-7-20(21)24/h6-7,18H,3-5,8-17,22H2,1-2H3/q+1. The number of anilines is 2. The van der Waals surface area contributed by atoms with Gasteiger partial charge in [0.2, 0.25) is 0 Å². The second-order valence-corrected chi connectivity index (χ2v) is 8.46. The monoisotopic (exact) mass is 377 g/mol. The lowest BCUT2D eigenvalue weighted by Crippen LogP contribution is -2.55. The summed E-state index contributed by atoms with van der Waals surface area (Å²) in [5.41, 5.74) is 7.79. The second-order valence-electron chi connectivity index (χ2n) is 8.46. The fourth-order valence-corrected chi connectivity index (χ4v) is 3.78. The number of hydrogen-bond acceptors (Lipinski definition) is 5. The molecule has 0 aromatic heterocycles. The molecule has 0 saturated carbocycles. The summed E-state index contributed by atoms with van der Waals surface area (Å²) in [5, 5.41) is 0. The topological polar surface area (TPSA) is 51.0 Å². The normalized spacial score (nSPS) is 19.6. The van der Waals surface area contributed by atoms with Crippen LogP contribution in [0, 0.1) is 0 Å². The lowest BCUT2D eigenvalue weighted by atomic mass is 10.2. The molecule has 1 aromatic rings. The smallest absolute Gasteiger partial charge is 0.144 e. The van der Waals surface area contributed by atoms with Crippen LogP contribution >= 0.6 is 0 Å². The van der Waals surface area contributed by atoms with Crippen molar-refractivity contribution in [2.45, 2.75) is 19.3 Å². The Balaban J connectivity index is 1.23. The van der Waals surface area contributed by atoms with Crippen molar-refractivity contribution in [1.82, 2.24) is 4.90 Å². The molecular weight excluding hydrogens is 340 g/mol. The summed E-state index contributed by atoms with van der Waals surface area (Å²) in [7, 11) is 4.64. The number of rotatable bonds is 9. The van der Waals surface area contributed by atoms with Crippen LogP contribution in [0.2, 0.25) is 0 Å². The summed E-state index contributed by atoms with van der Waals surface area (Å²) in [6, 6.07) is 5.96. The zero-order valence-electron chi connectivity index (χ0n) is 17.2. The highest BCUT2D eigenvalue weighted by molar-refractivity contribution is 5.64. The maximum Gasteiger partial charge on any atom is 0.144 e. The molecule has 1 aromatic carbocycles. The van der Waals surface area contributed by atoms with Gasteiger partial charge in [-0.2, -0.15) is 0 Å². The molecule has 0 aliphatic carbocycles. The molecule has 27 heavy (non-hydrogen) atoms. The number of nitrogens with two attached hydrogens (primary N) is 1. The molecule has 2 aliphatic rings. The maximum absolute atomic E-state index is 5.86. The van der Waals surface area contributed by atoms with Crippen LogP contribution in [-0.2, 0) is 4.74 Å². The minimum absolute atomic E-state index is 0.742. The van der Waals surface area contributed by atoms with Crippen molar-refractivity contribution in [3.8, 4) is 5.75 Å². The Morgan fingerprint density at radius 2 is 1.85 bits per heavy atom. The third-order valence-corrected chi connectivity index (χ3v) is 5.75. The second kappa shape index (κ2) is 9.62. The quantitative estimate of drug-likeness (QED) is 0.405. The van der Waals surface area contributed by atoms with Gasteiger partial charge in [0.1, 0.15) is 12.4 Å². The molecule has 0 amide bonds. The lowest BCUT2D eigenvalue weighted by Gasteiger charge is -2.39. The van der Waals surface area contributed by atoms with Crippen LogP contribution in [0.4, 0.5) is 11.4 Å². The highest BCUT2D eigenvalue weighted by atomic mass is 16.5. The van der Waals surface area contributed by atoms with E-state index in [0.717, 1.165) is 61.8 Å². The first-order valence-electron chi connectivity index (χ1n) is 10.4. The molecule has 0 bridgehead atoms. The van der Waals surface area contributed by atoms with Crippen LogP contribution in [0.1, 0.15) is 19.3 Å². The van der Waals surface area contributed by atoms with Gasteiger partial charge in [0.15, 0.2) is 0 Å². The number of fused-ring (bicyclic) bond motifs is 1. The fourth-order valence-electron chi connectivity index (χ4n) is 3.78. The van der Waals surface area contributed by atoms with Gasteiger partial charge in [-0.25, -0.2) is 0 Å². The molecule has 1 saturated heterocycles. The number of likely N-dealkylation sites (N-methyl/N-ethyl adjacent to an activating group) is 1. The average Bonchev–Trinajstić information content (AvgIpc) is 2.64. The van der Waals surface area contributed by atoms with Crippen molar-refractivity contribution in [3.63, 3.8) is 0 Å². The number of quaternary nitrogens is 1. The molecule has 2 heterocycles. The van der Waals surface area contributed by atoms with Crippen molar-refractivity contribution in [2.24, 2.45) is 0 Å². The molecule has 152 valence electrons. The van der Waals surface area contributed by atoms with Gasteiger partial charge in [0, 0.05) is 44.5 Å². The molecule has 1 fully saturated rings. The molecule has 0 atom stereocenters. The average molecular weight is 378 g/mol. The van der Waals surface area contributed by atoms with E-state index in [1.807, 2.05) is 12.1 Å². The van der Waals surface area contributed by atoms with Crippen molar-refractivity contribution >= 4 is 11.4 Å². The predicted octanol–water partition coefficient (Wildman–Crippen LogP) is 2.05. The molecule has 3 rings (SSSR count). The molecule has 6 nitrogen and oxygen atoms in total. The Bertz CT molecular complexity index is 584. The van der Waals surface area contributed by atoms with E-state index in [-0.39, 0.29) is 0 Å². The van der Waals surface area contributed by atoms with E-state index in [2.05, 4.69) is 30.0 Å². The molecule has 0 unspecified atom stereocenters. The molecule has 0 spiro atoms. The number of nitrogen functional groups attached to an aromatic ring is 1. The minimum atomic E-state index is 0.742. The summed E-state index contributed by atoms with van der Waals surface area (Å²) < 4.78 is 12.7. The largest absolute Gasteiger partial charge is 0.489 e. The van der Waals surface area contributed by atoms with Gasteiger partial charge in [-0.3, -0.25) is 4.90 Å². The van der Waals surface area contributed by atoms with Gasteiger partial charge in [-0.15, -0.1) is 0 Å². The molecule has 2 aliphatic heterocycles. The van der Waals surface area contributed by atoms with Gasteiger partial charge >= 0.3 is 0 Å². The minimum Gasteiger partial charge on any atom is -0.489 e. The Morgan fingerprint density at radius 1 is 1.04 bits per heavy atom. The summed E-state index contributed by atoms with van der Waals surface area (Å²) in [6.07, 6.45) is 3.53. The van der Waals surface area contributed by atoms with Crippen molar-refractivity contribution in [2.75, 3.05) is 90.4 Å². The van der Waals surface area contributed by atoms with E-state index in [4.69, 9.17) is 15.2 Å². The Kier molecular flexibility index (Phi) is 7.21. The number of piperazine rings is 1. The third-order valence-electron chi connectivity index (χ3n) is 5.75. The molecule has 6 heteroatoms. The summed E-state index contributed by atoms with van der Waals surface area (Å²) in [6.45, 7) is 10.5. The van der Waals surface area contributed by atoms with E-state index < -0.39 is 0 Å². The van der Waals surface area contributed by atoms with E-state index in [9.17, 15) is 0 Å². The molecule has 0 radical (unpaired) electrons. The van der Waals surface area contributed by atoms with Crippen LogP contribution < -0.4 is 15.4 Å². The number of unbranched alkanes of at least 4 members (excludes halogenated alkanes) is 2. The van der Waals surface area contributed by atoms with Crippen LogP contribution in [0.3, 0.4) is 0 Å². The van der Waals surface area contributed by atoms with Crippen LogP contribution in [0.15, 0.2) is 18.2 Å². The zero-order valence-corrected chi connectivity index (χ0v) is 17.2. The Hall–Kier alpha value is -1.50. The van der Waals surface area contributed by atoms with Gasteiger partial charge in [-0.1, -0.05) is 0 Å². The van der Waals surface area contributed by atoms with Gasteiger partial charge < -0.3 is 24.6 Å². The Morgan fingerprint density at radius 3 is 2.67 bits per heavy atom. The van der Waals surface area contributed by atoms with Crippen molar-refractivity contribution < 1.29 is 14.0 Å². The van der Waals surface area contributed by atoms with Crippen LogP contribution in [-0.4, -0.2) is 89.1 Å². The highest BCUT2D eigenvalue weighted by Crippen LogP contribution is 2.33.